The lowest BCUT2D eigenvalue weighted by molar-refractivity contribution is -0.274. The molecule has 2 heterocycles. The van der Waals surface area contributed by atoms with E-state index in [2.05, 4.69) is 10.1 Å². The molecular formula is C19H17F3N2O3. The third-order valence-electron chi connectivity index (χ3n) is 4.65. The number of alkyl halides is 3. The molecule has 142 valence electrons. The van der Waals surface area contributed by atoms with Gasteiger partial charge < -0.3 is 14.5 Å². The molecule has 3 aromatic rings. The average molecular weight is 378 g/mol. The molecule has 0 saturated carbocycles. The number of hydrogen-bond donors (Lipinski definition) is 1. The van der Waals surface area contributed by atoms with Gasteiger partial charge in [-0.2, -0.15) is 0 Å². The van der Waals surface area contributed by atoms with Crippen molar-refractivity contribution in [3.8, 4) is 16.9 Å². The van der Waals surface area contributed by atoms with Crippen molar-refractivity contribution in [1.29, 1.82) is 0 Å². The number of fused-ring (bicyclic) bond motifs is 1. The van der Waals surface area contributed by atoms with Gasteiger partial charge in [-0.1, -0.05) is 18.2 Å². The molecule has 1 fully saturated rings. The van der Waals surface area contributed by atoms with E-state index in [1.54, 1.807) is 28.8 Å². The standard InChI is InChI=1S/C19H17F3N2O3/c20-19(21,22)27-15-6-3-12(4-7-15)13-5-8-17-16(10-13)24(18(25)26-17)11-14-2-1-9-23-14/h3-8,10,14,23H,1-2,9,11H2/t14-/m0/s1. The molecule has 0 bridgehead atoms. The summed E-state index contributed by atoms with van der Waals surface area (Å²) in [5, 5.41) is 3.35. The normalized spacial score (nSPS) is 17.5. The quantitative estimate of drug-likeness (QED) is 0.748. The van der Waals surface area contributed by atoms with Crippen LogP contribution in [-0.2, 0) is 6.54 Å². The molecule has 1 N–H and O–H groups in total. The van der Waals surface area contributed by atoms with Crippen LogP contribution in [-0.4, -0.2) is 23.5 Å². The van der Waals surface area contributed by atoms with Gasteiger partial charge in [0.1, 0.15) is 5.75 Å². The van der Waals surface area contributed by atoms with Gasteiger partial charge in [-0.3, -0.25) is 4.57 Å². The van der Waals surface area contributed by atoms with Gasteiger partial charge in [0.05, 0.1) is 5.52 Å². The summed E-state index contributed by atoms with van der Waals surface area (Å²) < 4.78 is 47.7. The van der Waals surface area contributed by atoms with Gasteiger partial charge in [0.2, 0.25) is 0 Å². The van der Waals surface area contributed by atoms with Crippen LogP contribution in [0.4, 0.5) is 13.2 Å². The van der Waals surface area contributed by atoms with E-state index in [0.29, 0.717) is 23.2 Å². The van der Waals surface area contributed by atoms with E-state index in [4.69, 9.17) is 4.42 Å². The van der Waals surface area contributed by atoms with E-state index in [-0.39, 0.29) is 11.8 Å². The zero-order valence-electron chi connectivity index (χ0n) is 14.3. The Labute approximate surface area is 152 Å². The van der Waals surface area contributed by atoms with Crippen molar-refractivity contribution >= 4 is 11.1 Å². The predicted octanol–water partition coefficient (Wildman–Crippen LogP) is 3.91. The van der Waals surface area contributed by atoms with Gasteiger partial charge in [0.25, 0.3) is 0 Å². The van der Waals surface area contributed by atoms with Crippen molar-refractivity contribution in [3.63, 3.8) is 0 Å². The average Bonchev–Trinajstić information content (AvgIpc) is 3.23. The van der Waals surface area contributed by atoms with Gasteiger partial charge >= 0.3 is 12.1 Å². The van der Waals surface area contributed by atoms with Crippen LogP contribution in [0.1, 0.15) is 12.8 Å². The number of halogens is 3. The van der Waals surface area contributed by atoms with E-state index >= 15 is 0 Å². The van der Waals surface area contributed by atoms with Crippen LogP contribution in [0.3, 0.4) is 0 Å². The number of aromatic nitrogens is 1. The SMILES string of the molecule is O=c1oc2ccc(-c3ccc(OC(F)(F)F)cc3)cc2n1C[C@@H]1CCCN1. The summed E-state index contributed by atoms with van der Waals surface area (Å²) in [5.41, 5.74) is 2.64. The summed E-state index contributed by atoms with van der Waals surface area (Å²) in [6.07, 6.45) is -2.65. The predicted molar refractivity (Wildman–Crippen MR) is 93.6 cm³/mol. The lowest BCUT2D eigenvalue weighted by Crippen LogP contribution is -2.30. The Morgan fingerprint density at radius 2 is 1.89 bits per heavy atom. The fraction of sp³-hybridized carbons (Fsp3) is 0.316. The van der Waals surface area contributed by atoms with Gasteiger partial charge in [0.15, 0.2) is 5.58 Å². The maximum Gasteiger partial charge on any atom is 0.573 e. The fourth-order valence-corrected chi connectivity index (χ4v) is 3.40. The lowest BCUT2D eigenvalue weighted by atomic mass is 10.1. The summed E-state index contributed by atoms with van der Waals surface area (Å²) >= 11 is 0. The minimum Gasteiger partial charge on any atom is -0.408 e. The summed E-state index contributed by atoms with van der Waals surface area (Å²) in [7, 11) is 0. The molecule has 1 atom stereocenters. The highest BCUT2D eigenvalue weighted by molar-refractivity contribution is 5.80. The van der Waals surface area contributed by atoms with Crippen molar-refractivity contribution in [1.82, 2.24) is 9.88 Å². The van der Waals surface area contributed by atoms with Crippen molar-refractivity contribution in [2.24, 2.45) is 0 Å². The monoisotopic (exact) mass is 378 g/mol. The van der Waals surface area contributed by atoms with Crippen LogP contribution in [0, 0.1) is 0 Å². The second-order valence-corrected chi connectivity index (χ2v) is 6.53. The molecule has 1 saturated heterocycles. The number of ether oxygens (including phenoxy) is 1. The highest BCUT2D eigenvalue weighted by Gasteiger charge is 2.31. The topological polar surface area (TPSA) is 56.4 Å². The summed E-state index contributed by atoms with van der Waals surface area (Å²) in [5.74, 6) is -0.690. The summed E-state index contributed by atoms with van der Waals surface area (Å²) in [6, 6.07) is 11.1. The van der Waals surface area contributed by atoms with Crippen LogP contribution in [0.15, 0.2) is 51.7 Å². The number of nitrogens with zero attached hydrogens (tertiary/aromatic N) is 1. The Balaban J connectivity index is 1.65. The third kappa shape index (κ3) is 3.85. The first-order valence-corrected chi connectivity index (χ1v) is 8.62. The molecule has 0 amide bonds. The first-order valence-electron chi connectivity index (χ1n) is 8.62. The van der Waals surface area contributed by atoms with Crippen molar-refractivity contribution in [2.45, 2.75) is 31.8 Å². The van der Waals surface area contributed by atoms with Crippen molar-refractivity contribution in [3.05, 3.63) is 53.0 Å². The van der Waals surface area contributed by atoms with E-state index in [9.17, 15) is 18.0 Å². The molecule has 2 aromatic carbocycles. The molecule has 27 heavy (non-hydrogen) atoms. The first kappa shape index (κ1) is 17.7. The number of rotatable bonds is 4. The van der Waals surface area contributed by atoms with Crippen molar-refractivity contribution < 1.29 is 22.3 Å². The molecule has 8 heteroatoms. The zero-order valence-corrected chi connectivity index (χ0v) is 14.3. The highest BCUT2D eigenvalue weighted by Crippen LogP contribution is 2.28. The van der Waals surface area contributed by atoms with Crippen LogP contribution >= 0.6 is 0 Å². The van der Waals surface area contributed by atoms with Gasteiger partial charge in [-0.05, 0) is 54.8 Å². The van der Waals surface area contributed by atoms with Crippen LogP contribution < -0.4 is 15.8 Å². The van der Waals surface area contributed by atoms with E-state index in [1.807, 2.05) is 6.07 Å². The molecule has 0 unspecified atom stereocenters. The maximum absolute atomic E-state index is 12.3. The molecule has 1 aromatic heterocycles. The van der Waals surface area contributed by atoms with E-state index in [0.717, 1.165) is 24.9 Å². The number of nitrogens with one attached hydrogen (secondary N) is 1. The first-order chi connectivity index (χ1) is 12.9. The number of benzene rings is 2. The van der Waals surface area contributed by atoms with E-state index in [1.165, 1.54) is 12.1 Å². The van der Waals surface area contributed by atoms with Gasteiger partial charge in [-0.15, -0.1) is 13.2 Å². The largest absolute Gasteiger partial charge is 0.573 e. The minimum absolute atomic E-state index is 0.228. The molecule has 5 nitrogen and oxygen atoms in total. The molecule has 0 radical (unpaired) electrons. The third-order valence-corrected chi connectivity index (χ3v) is 4.65. The number of oxazole rings is 1. The molecule has 4 rings (SSSR count). The molecule has 0 aliphatic carbocycles. The van der Waals surface area contributed by atoms with Crippen molar-refractivity contribution in [2.75, 3.05) is 6.54 Å². The fourth-order valence-electron chi connectivity index (χ4n) is 3.40. The van der Waals surface area contributed by atoms with Crippen LogP contribution in [0.5, 0.6) is 5.75 Å². The lowest BCUT2D eigenvalue weighted by Gasteiger charge is -2.11. The molecule has 0 spiro atoms. The highest BCUT2D eigenvalue weighted by atomic mass is 19.4. The summed E-state index contributed by atoms with van der Waals surface area (Å²) in [6.45, 7) is 1.46. The summed E-state index contributed by atoms with van der Waals surface area (Å²) in [4.78, 5) is 12.2. The Morgan fingerprint density at radius 3 is 2.56 bits per heavy atom. The maximum atomic E-state index is 12.3. The van der Waals surface area contributed by atoms with Crippen LogP contribution in [0.2, 0.25) is 0 Å². The zero-order chi connectivity index (χ0) is 19.0. The van der Waals surface area contributed by atoms with E-state index < -0.39 is 12.1 Å². The molecular weight excluding hydrogens is 361 g/mol. The Bertz CT molecular complexity index is 1000. The minimum atomic E-state index is -4.72. The van der Waals surface area contributed by atoms with Crippen LogP contribution in [0.25, 0.3) is 22.2 Å². The van der Waals surface area contributed by atoms with Gasteiger partial charge in [0, 0.05) is 12.6 Å². The molecule has 1 aliphatic heterocycles. The second-order valence-electron chi connectivity index (χ2n) is 6.53. The second kappa shape index (κ2) is 6.77. The smallest absolute Gasteiger partial charge is 0.408 e. The molecule has 1 aliphatic rings. The Hall–Kier alpha value is -2.74. The van der Waals surface area contributed by atoms with Gasteiger partial charge in [-0.25, -0.2) is 4.79 Å². The number of hydrogen-bond acceptors (Lipinski definition) is 4. The Kier molecular flexibility index (Phi) is 4.43. The Morgan fingerprint density at radius 1 is 1.15 bits per heavy atom.